The van der Waals surface area contributed by atoms with Gasteiger partial charge in [0.15, 0.2) is 0 Å². The first-order valence-electron chi connectivity index (χ1n) is 7.53. The summed E-state index contributed by atoms with van der Waals surface area (Å²) in [4.78, 5) is 14.2. The number of hydrogen-bond acceptors (Lipinski definition) is 3. The number of nitrogens with one attached hydrogen (secondary N) is 1. The summed E-state index contributed by atoms with van der Waals surface area (Å²) >= 11 is 0. The average Bonchev–Trinajstić information content (AvgIpc) is 2.87. The van der Waals surface area contributed by atoms with Gasteiger partial charge in [0.2, 0.25) is 5.91 Å². The molecule has 20 heavy (non-hydrogen) atoms. The summed E-state index contributed by atoms with van der Waals surface area (Å²) < 4.78 is 0. The van der Waals surface area contributed by atoms with Crippen LogP contribution in [0.25, 0.3) is 0 Å². The lowest BCUT2D eigenvalue weighted by atomic mass is 10.2. The molecule has 2 rings (SSSR count). The SMILES string of the molecule is NCCCCC(=O)NC1CCN(Cc2ccccc2)C1. The summed E-state index contributed by atoms with van der Waals surface area (Å²) in [6, 6.07) is 10.8. The number of amides is 1. The van der Waals surface area contributed by atoms with E-state index in [-0.39, 0.29) is 5.91 Å². The van der Waals surface area contributed by atoms with Gasteiger partial charge in [-0.15, -0.1) is 0 Å². The highest BCUT2D eigenvalue weighted by Gasteiger charge is 2.23. The fraction of sp³-hybridized carbons (Fsp3) is 0.562. The molecule has 0 bridgehead atoms. The summed E-state index contributed by atoms with van der Waals surface area (Å²) in [5, 5.41) is 3.13. The van der Waals surface area contributed by atoms with Crippen LogP contribution >= 0.6 is 0 Å². The van der Waals surface area contributed by atoms with Gasteiger partial charge in [-0.2, -0.15) is 0 Å². The zero-order valence-electron chi connectivity index (χ0n) is 12.1. The summed E-state index contributed by atoms with van der Waals surface area (Å²) in [6.45, 7) is 3.65. The number of carbonyl (C=O) groups is 1. The van der Waals surface area contributed by atoms with Crippen LogP contribution in [0, 0.1) is 0 Å². The van der Waals surface area contributed by atoms with Crippen molar-refractivity contribution < 1.29 is 4.79 Å². The topological polar surface area (TPSA) is 58.4 Å². The third kappa shape index (κ3) is 4.94. The molecule has 0 spiro atoms. The molecule has 0 saturated carbocycles. The van der Waals surface area contributed by atoms with Crippen molar-refractivity contribution in [1.82, 2.24) is 10.2 Å². The van der Waals surface area contributed by atoms with E-state index in [1.807, 2.05) is 6.07 Å². The van der Waals surface area contributed by atoms with E-state index in [4.69, 9.17) is 5.73 Å². The van der Waals surface area contributed by atoms with Crippen molar-refractivity contribution in [1.29, 1.82) is 0 Å². The summed E-state index contributed by atoms with van der Waals surface area (Å²) in [5.74, 6) is 0.171. The summed E-state index contributed by atoms with van der Waals surface area (Å²) in [6.07, 6.45) is 3.48. The van der Waals surface area contributed by atoms with Gasteiger partial charge >= 0.3 is 0 Å². The minimum atomic E-state index is 0.171. The van der Waals surface area contributed by atoms with Gasteiger partial charge < -0.3 is 11.1 Å². The van der Waals surface area contributed by atoms with Crippen LogP contribution < -0.4 is 11.1 Å². The number of hydrogen-bond donors (Lipinski definition) is 2. The van der Waals surface area contributed by atoms with Gasteiger partial charge in [-0.3, -0.25) is 9.69 Å². The molecule has 110 valence electrons. The Labute approximate surface area is 121 Å². The second-order valence-electron chi connectivity index (χ2n) is 5.52. The lowest BCUT2D eigenvalue weighted by Crippen LogP contribution is -2.36. The maximum Gasteiger partial charge on any atom is 0.220 e. The first-order chi connectivity index (χ1) is 9.78. The van der Waals surface area contributed by atoms with E-state index in [9.17, 15) is 4.79 Å². The average molecular weight is 275 g/mol. The van der Waals surface area contributed by atoms with Crippen molar-refractivity contribution in [2.45, 2.75) is 38.3 Å². The number of nitrogens with two attached hydrogens (primary N) is 1. The van der Waals surface area contributed by atoms with Crippen molar-refractivity contribution in [3.8, 4) is 0 Å². The highest BCUT2D eigenvalue weighted by atomic mass is 16.1. The van der Waals surface area contributed by atoms with E-state index in [0.29, 0.717) is 19.0 Å². The van der Waals surface area contributed by atoms with Gasteiger partial charge in [0, 0.05) is 32.1 Å². The number of nitrogens with zero attached hydrogens (tertiary/aromatic N) is 1. The van der Waals surface area contributed by atoms with Gasteiger partial charge in [-0.1, -0.05) is 30.3 Å². The molecular weight excluding hydrogens is 250 g/mol. The Kier molecular flexibility index (Phi) is 6.02. The van der Waals surface area contributed by atoms with E-state index in [0.717, 1.165) is 38.9 Å². The van der Waals surface area contributed by atoms with E-state index in [1.165, 1.54) is 5.56 Å². The molecule has 1 aromatic rings. The smallest absolute Gasteiger partial charge is 0.220 e. The Hall–Kier alpha value is -1.39. The first kappa shape index (κ1) is 15.0. The lowest BCUT2D eigenvalue weighted by Gasteiger charge is -2.16. The molecule has 1 unspecified atom stereocenters. The largest absolute Gasteiger partial charge is 0.352 e. The van der Waals surface area contributed by atoms with Crippen molar-refractivity contribution in [2.24, 2.45) is 5.73 Å². The van der Waals surface area contributed by atoms with Gasteiger partial charge in [-0.25, -0.2) is 0 Å². The Morgan fingerprint density at radius 2 is 2.10 bits per heavy atom. The highest BCUT2D eigenvalue weighted by Crippen LogP contribution is 2.13. The monoisotopic (exact) mass is 275 g/mol. The van der Waals surface area contributed by atoms with Gasteiger partial charge in [-0.05, 0) is 31.4 Å². The number of likely N-dealkylation sites (tertiary alicyclic amines) is 1. The third-order valence-corrected chi connectivity index (χ3v) is 3.74. The van der Waals surface area contributed by atoms with Crippen LogP contribution in [0.15, 0.2) is 30.3 Å². The zero-order chi connectivity index (χ0) is 14.2. The molecule has 1 saturated heterocycles. The maximum absolute atomic E-state index is 11.8. The number of unbranched alkanes of at least 4 members (excludes halogenated alkanes) is 1. The second-order valence-corrected chi connectivity index (χ2v) is 5.52. The van der Waals surface area contributed by atoms with Crippen molar-refractivity contribution in [3.63, 3.8) is 0 Å². The number of benzene rings is 1. The van der Waals surface area contributed by atoms with Crippen LogP contribution in [0.4, 0.5) is 0 Å². The summed E-state index contributed by atoms with van der Waals surface area (Å²) in [7, 11) is 0. The molecular formula is C16H25N3O. The van der Waals surface area contributed by atoms with E-state index in [2.05, 4.69) is 34.5 Å². The van der Waals surface area contributed by atoms with Crippen molar-refractivity contribution in [3.05, 3.63) is 35.9 Å². The Balaban J connectivity index is 1.68. The molecule has 1 aromatic carbocycles. The molecule has 1 atom stereocenters. The predicted octanol–water partition coefficient (Wildman–Crippen LogP) is 1.51. The molecule has 4 nitrogen and oxygen atoms in total. The van der Waals surface area contributed by atoms with E-state index in [1.54, 1.807) is 0 Å². The van der Waals surface area contributed by atoms with E-state index < -0.39 is 0 Å². The number of carbonyl (C=O) groups excluding carboxylic acids is 1. The van der Waals surface area contributed by atoms with Crippen LogP contribution in [0.5, 0.6) is 0 Å². The second kappa shape index (κ2) is 8.02. The van der Waals surface area contributed by atoms with Crippen molar-refractivity contribution >= 4 is 5.91 Å². The van der Waals surface area contributed by atoms with E-state index >= 15 is 0 Å². The van der Waals surface area contributed by atoms with Crippen LogP contribution in [0.1, 0.15) is 31.2 Å². The predicted molar refractivity (Wildman–Crippen MR) is 81.2 cm³/mol. The molecule has 0 aliphatic carbocycles. The Bertz CT molecular complexity index is 407. The van der Waals surface area contributed by atoms with Gasteiger partial charge in [0.05, 0.1) is 0 Å². The Morgan fingerprint density at radius 3 is 2.85 bits per heavy atom. The standard InChI is InChI=1S/C16H25N3O/c17-10-5-4-8-16(20)18-15-9-11-19(13-15)12-14-6-2-1-3-7-14/h1-3,6-7,15H,4-5,8-13,17H2,(H,18,20). The zero-order valence-corrected chi connectivity index (χ0v) is 12.1. The van der Waals surface area contributed by atoms with Crippen LogP contribution in [-0.2, 0) is 11.3 Å². The molecule has 1 aliphatic rings. The maximum atomic E-state index is 11.8. The molecule has 1 heterocycles. The highest BCUT2D eigenvalue weighted by molar-refractivity contribution is 5.76. The molecule has 0 radical (unpaired) electrons. The molecule has 1 aliphatic heterocycles. The van der Waals surface area contributed by atoms with Crippen molar-refractivity contribution in [2.75, 3.05) is 19.6 Å². The molecule has 0 aromatic heterocycles. The first-order valence-corrected chi connectivity index (χ1v) is 7.53. The van der Waals surface area contributed by atoms with Gasteiger partial charge in [0.25, 0.3) is 0 Å². The minimum absolute atomic E-state index is 0.171. The number of rotatable bonds is 7. The normalized spacial score (nSPS) is 19.1. The third-order valence-electron chi connectivity index (χ3n) is 3.74. The van der Waals surface area contributed by atoms with Crippen LogP contribution in [0.2, 0.25) is 0 Å². The molecule has 1 amide bonds. The molecule has 4 heteroatoms. The van der Waals surface area contributed by atoms with Gasteiger partial charge in [0.1, 0.15) is 0 Å². The fourth-order valence-electron chi connectivity index (χ4n) is 2.67. The Morgan fingerprint density at radius 1 is 1.30 bits per heavy atom. The molecule has 1 fully saturated rings. The quantitative estimate of drug-likeness (QED) is 0.742. The van der Waals surface area contributed by atoms with Crippen LogP contribution in [0.3, 0.4) is 0 Å². The minimum Gasteiger partial charge on any atom is -0.352 e. The summed E-state index contributed by atoms with van der Waals surface area (Å²) in [5.41, 5.74) is 6.77. The van der Waals surface area contributed by atoms with Crippen LogP contribution in [-0.4, -0.2) is 36.5 Å². The lowest BCUT2D eigenvalue weighted by molar-refractivity contribution is -0.121. The molecule has 3 N–H and O–H groups in total. The fourth-order valence-corrected chi connectivity index (χ4v) is 2.67.